The van der Waals surface area contributed by atoms with Gasteiger partial charge < -0.3 is 14.7 Å². The third kappa shape index (κ3) is 3.73. The van der Waals surface area contributed by atoms with Crippen molar-refractivity contribution in [3.05, 3.63) is 41.4 Å². The van der Waals surface area contributed by atoms with Crippen molar-refractivity contribution in [1.29, 1.82) is 0 Å². The summed E-state index contributed by atoms with van der Waals surface area (Å²) in [6, 6.07) is 5.79. The number of nitrogens with zero attached hydrogens (tertiary/aromatic N) is 3. The molecule has 1 aliphatic heterocycles. The third-order valence-corrected chi connectivity index (χ3v) is 4.98. The number of thioether (sulfide) groups is 1. The average molecular weight is 332 g/mol. The zero-order valence-electron chi connectivity index (χ0n) is 13.3. The monoisotopic (exact) mass is 332 g/mol. The second kappa shape index (κ2) is 7.14. The molecule has 1 fully saturated rings. The fourth-order valence-corrected chi connectivity index (χ4v) is 3.49. The average Bonchev–Trinajstić information content (AvgIpc) is 3.23. The molecule has 122 valence electrons. The van der Waals surface area contributed by atoms with Crippen LogP contribution in [-0.2, 0) is 5.75 Å². The molecular weight excluding hydrogens is 312 g/mol. The molecule has 1 aliphatic rings. The summed E-state index contributed by atoms with van der Waals surface area (Å²) >= 11 is 1.51. The lowest BCUT2D eigenvalue weighted by molar-refractivity contribution is 0.0739. The van der Waals surface area contributed by atoms with Crippen LogP contribution in [0.4, 0.5) is 0 Å². The number of pyridine rings is 1. The molecule has 0 spiro atoms. The van der Waals surface area contributed by atoms with Crippen molar-refractivity contribution in [3.8, 4) is 0 Å². The number of rotatable bonds is 5. The molecule has 7 heteroatoms. The van der Waals surface area contributed by atoms with E-state index in [-0.39, 0.29) is 11.9 Å². The first-order chi connectivity index (χ1) is 11.1. The quantitative estimate of drug-likeness (QED) is 0.846. The van der Waals surface area contributed by atoms with Crippen LogP contribution in [0.3, 0.4) is 0 Å². The maximum atomic E-state index is 12.8. The first-order valence-electron chi connectivity index (χ1n) is 7.63. The number of likely N-dealkylation sites (N-methyl/N-ethyl adjacent to an activating group) is 1. The molecule has 1 unspecified atom stereocenters. The zero-order valence-corrected chi connectivity index (χ0v) is 14.1. The van der Waals surface area contributed by atoms with E-state index < -0.39 is 0 Å². The first-order valence-corrected chi connectivity index (χ1v) is 8.61. The predicted octanol–water partition coefficient (Wildman–Crippen LogP) is 2.10. The molecular formula is C16H20N4O2S. The van der Waals surface area contributed by atoms with Crippen LogP contribution in [0.25, 0.3) is 0 Å². The van der Waals surface area contributed by atoms with E-state index in [0.717, 1.165) is 36.0 Å². The molecule has 3 heterocycles. The number of hydrogen-bond acceptors (Lipinski definition) is 6. The minimum Gasteiger partial charge on any atom is -0.361 e. The van der Waals surface area contributed by atoms with E-state index in [1.165, 1.54) is 11.8 Å². The van der Waals surface area contributed by atoms with E-state index in [1.807, 2.05) is 31.0 Å². The summed E-state index contributed by atoms with van der Waals surface area (Å²) in [4.78, 5) is 19.0. The normalized spacial score (nSPS) is 17.4. The highest BCUT2D eigenvalue weighted by molar-refractivity contribution is 7.98. The molecule has 0 radical (unpaired) electrons. The van der Waals surface area contributed by atoms with Crippen LogP contribution in [0.2, 0.25) is 0 Å². The maximum Gasteiger partial charge on any atom is 0.256 e. The van der Waals surface area contributed by atoms with Gasteiger partial charge in [0.2, 0.25) is 0 Å². The molecule has 1 N–H and O–H groups in total. The Hall–Kier alpha value is -1.86. The molecule has 6 nitrogen and oxygen atoms in total. The Morgan fingerprint density at radius 2 is 2.43 bits per heavy atom. The summed E-state index contributed by atoms with van der Waals surface area (Å²) in [6.07, 6.45) is 2.70. The van der Waals surface area contributed by atoms with Crippen LogP contribution >= 0.6 is 11.8 Å². The van der Waals surface area contributed by atoms with Gasteiger partial charge in [-0.1, -0.05) is 16.9 Å². The number of aryl methyl sites for hydroxylation is 1. The lowest BCUT2D eigenvalue weighted by Crippen LogP contribution is -2.38. The first kappa shape index (κ1) is 16.0. The largest absolute Gasteiger partial charge is 0.361 e. The van der Waals surface area contributed by atoms with Gasteiger partial charge in [0.25, 0.3) is 5.91 Å². The van der Waals surface area contributed by atoms with Crippen molar-refractivity contribution in [3.63, 3.8) is 0 Å². The molecule has 0 aliphatic carbocycles. The summed E-state index contributed by atoms with van der Waals surface area (Å²) in [5, 5.41) is 8.00. The van der Waals surface area contributed by atoms with Gasteiger partial charge in [0.1, 0.15) is 10.8 Å². The molecule has 1 atom stereocenters. The Balaban J connectivity index is 1.72. The lowest BCUT2D eigenvalue weighted by atomic mass is 10.2. The van der Waals surface area contributed by atoms with Crippen molar-refractivity contribution in [1.82, 2.24) is 20.4 Å². The van der Waals surface area contributed by atoms with E-state index >= 15 is 0 Å². The van der Waals surface area contributed by atoms with Gasteiger partial charge >= 0.3 is 0 Å². The minimum absolute atomic E-state index is 0.0191. The number of carbonyl (C=O) groups is 1. The van der Waals surface area contributed by atoms with Crippen molar-refractivity contribution in [2.45, 2.75) is 30.2 Å². The van der Waals surface area contributed by atoms with Gasteiger partial charge in [-0.15, -0.1) is 0 Å². The predicted molar refractivity (Wildman–Crippen MR) is 88.4 cm³/mol. The van der Waals surface area contributed by atoms with Crippen LogP contribution in [-0.4, -0.2) is 47.1 Å². The Bertz CT molecular complexity index is 682. The molecule has 0 saturated carbocycles. The molecule has 2 aromatic rings. The van der Waals surface area contributed by atoms with Crippen LogP contribution in [0, 0.1) is 6.92 Å². The minimum atomic E-state index is 0.0191. The van der Waals surface area contributed by atoms with Gasteiger partial charge in [0, 0.05) is 37.7 Å². The molecule has 3 rings (SSSR count). The third-order valence-electron chi connectivity index (χ3n) is 3.94. The Kier molecular flexibility index (Phi) is 4.97. The molecule has 2 aromatic heterocycles. The molecule has 0 bridgehead atoms. The summed E-state index contributed by atoms with van der Waals surface area (Å²) in [6.45, 7) is 3.67. The fraction of sp³-hybridized carbons (Fsp3) is 0.438. The van der Waals surface area contributed by atoms with Gasteiger partial charge in [0.05, 0.1) is 11.3 Å². The van der Waals surface area contributed by atoms with Gasteiger partial charge in [-0.05, 0) is 32.0 Å². The maximum absolute atomic E-state index is 12.8. The summed E-state index contributed by atoms with van der Waals surface area (Å²) in [5.41, 5.74) is 1.50. The van der Waals surface area contributed by atoms with Crippen LogP contribution in [0.1, 0.15) is 28.2 Å². The number of carbonyl (C=O) groups excluding carboxylic acids is 1. The van der Waals surface area contributed by atoms with E-state index in [9.17, 15) is 4.79 Å². The molecule has 23 heavy (non-hydrogen) atoms. The SMILES string of the molecule is Cc1cc(CSc2ncccc2C(=O)N(C)C2CCNC2)no1. The topological polar surface area (TPSA) is 71.3 Å². The highest BCUT2D eigenvalue weighted by Gasteiger charge is 2.25. The van der Waals surface area contributed by atoms with Gasteiger partial charge in [-0.25, -0.2) is 4.98 Å². The summed E-state index contributed by atoms with van der Waals surface area (Å²) in [5.74, 6) is 1.43. The van der Waals surface area contributed by atoms with E-state index in [0.29, 0.717) is 11.3 Å². The summed E-state index contributed by atoms with van der Waals surface area (Å²) < 4.78 is 5.07. The summed E-state index contributed by atoms with van der Waals surface area (Å²) in [7, 11) is 1.86. The van der Waals surface area contributed by atoms with Crippen LogP contribution in [0.5, 0.6) is 0 Å². The van der Waals surface area contributed by atoms with Crippen molar-refractivity contribution in [2.75, 3.05) is 20.1 Å². The van der Waals surface area contributed by atoms with Crippen LogP contribution < -0.4 is 5.32 Å². The van der Waals surface area contributed by atoms with Gasteiger partial charge in [-0.3, -0.25) is 4.79 Å². The molecule has 1 amide bonds. The van der Waals surface area contributed by atoms with Gasteiger partial charge in [0.15, 0.2) is 0 Å². The van der Waals surface area contributed by atoms with Crippen molar-refractivity contribution in [2.24, 2.45) is 0 Å². The Morgan fingerprint density at radius 1 is 1.57 bits per heavy atom. The highest BCUT2D eigenvalue weighted by Crippen LogP contribution is 2.25. The highest BCUT2D eigenvalue weighted by atomic mass is 32.2. The second-order valence-electron chi connectivity index (χ2n) is 5.64. The number of hydrogen-bond donors (Lipinski definition) is 1. The lowest BCUT2D eigenvalue weighted by Gasteiger charge is -2.24. The molecule has 0 aromatic carbocycles. The van der Waals surface area contributed by atoms with E-state index in [2.05, 4.69) is 15.5 Å². The Labute approximate surface area is 139 Å². The Morgan fingerprint density at radius 3 is 3.13 bits per heavy atom. The van der Waals surface area contributed by atoms with Gasteiger partial charge in [-0.2, -0.15) is 0 Å². The van der Waals surface area contributed by atoms with E-state index in [1.54, 1.807) is 12.3 Å². The van der Waals surface area contributed by atoms with E-state index in [4.69, 9.17) is 4.52 Å². The zero-order chi connectivity index (χ0) is 16.2. The molecule has 1 saturated heterocycles. The number of nitrogens with one attached hydrogen (secondary N) is 1. The standard InChI is InChI=1S/C16H20N4O2S/c1-11-8-12(19-22-11)10-23-15-14(4-3-6-18-15)16(21)20(2)13-5-7-17-9-13/h3-4,6,8,13,17H,5,7,9-10H2,1-2H3. The smallest absolute Gasteiger partial charge is 0.256 e. The number of amides is 1. The number of aromatic nitrogens is 2. The fourth-order valence-electron chi connectivity index (χ4n) is 2.62. The van der Waals surface area contributed by atoms with Crippen molar-refractivity contribution < 1.29 is 9.32 Å². The second-order valence-corrected chi connectivity index (χ2v) is 6.60. The van der Waals surface area contributed by atoms with Crippen molar-refractivity contribution >= 4 is 17.7 Å². The van der Waals surface area contributed by atoms with Crippen LogP contribution in [0.15, 0.2) is 33.9 Å².